The zero-order chi connectivity index (χ0) is 14.9. The summed E-state index contributed by atoms with van der Waals surface area (Å²) in [5.41, 5.74) is -0.110. The number of hydrogen-bond donors (Lipinski definition) is 1. The second-order valence-corrected chi connectivity index (χ2v) is 5.60. The molecule has 6 heteroatoms. The maximum Gasteiger partial charge on any atom is 0.416 e. The summed E-state index contributed by atoms with van der Waals surface area (Å²) in [6, 6.07) is 5.50. The SMILES string of the molecule is FC(F)(F)c1cccc(NC2CCC3(CC2)OCCO3)c1. The Hall–Kier alpha value is -1.27. The molecule has 1 heterocycles. The van der Waals surface area contributed by atoms with Crippen molar-refractivity contribution in [3.63, 3.8) is 0 Å². The highest BCUT2D eigenvalue weighted by Gasteiger charge is 2.40. The normalized spacial score (nSPS) is 22.6. The van der Waals surface area contributed by atoms with Gasteiger partial charge in [0.25, 0.3) is 0 Å². The molecule has 3 nitrogen and oxygen atoms in total. The van der Waals surface area contributed by atoms with Crippen LogP contribution in [0, 0.1) is 0 Å². The van der Waals surface area contributed by atoms with Crippen molar-refractivity contribution in [3.8, 4) is 0 Å². The highest BCUT2D eigenvalue weighted by molar-refractivity contribution is 5.47. The lowest BCUT2D eigenvalue weighted by molar-refractivity contribution is -0.177. The Bertz CT molecular complexity index is 488. The number of benzene rings is 1. The highest BCUT2D eigenvalue weighted by atomic mass is 19.4. The van der Waals surface area contributed by atoms with Crippen molar-refractivity contribution in [2.24, 2.45) is 0 Å². The summed E-state index contributed by atoms with van der Waals surface area (Å²) in [6.45, 7) is 1.26. The summed E-state index contributed by atoms with van der Waals surface area (Å²) < 4.78 is 49.3. The minimum absolute atomic E-state index is 0.159. The average Bonchev–Trinajstić information content (AvgIpc) is 2.90. The van der Waals surface area contributed by atoms with Crippen LogP contribution in [0.1, 0.15) is 31.2 Å². The van der Waals surface area contributed by atoms with Crippen LogP contribution in [-0.4, -0.2) is 25.0 Å². The molecule has 1 saturated heterocycles. The van der Waals surface area contributed by atoms with E-state index in [-0.39, 0.29) is 6.04 Å². The van der Waals surface area contributed by atoms with E-state index in [1.54, 1.807) is 6.07 Å². The van der Waals surface area contributed by atoms with Crippen molar-refractivity contribution in [2.75, 3.05) is 18.5 Å². The molecule has 116 valence electrons. The van der Waals surface area contributed by atoms with Crippen molar-refractivity contribution in [3.05, 3.63) is 29.8 Å². The van der Waals surface area contributed by atoms with Crippen LogP contribution >= 0.6 is 0 Å². The van der Waals surface area contributed by atoms with E-state index in [0.717, 1.165) is 37.8 Å². The summed E-state index contributed by atoms with van der Waals surface area (Å²) in [6.07, 6.45) is -1.08. The summed E-state index contributed by atoms with van der Waals surface area (Å²) in [4.78, 5) is 0. The maximum atomic E-state index is 12.7. The molecule has 21 heavy (non-hydrogen) atoms. The molecule has 1 spiro atoms. The van der Waals surface area contributed by atoms with Gasteiger partial charge in [-0.05, 0) is 31.0 Å². The van der Waals surface area contributed by atoms with E-state index in [9.17, 15) is 13.2 Å². The monoisotopic (exact) mass is 301 g/mol. The van der Waals surface area contributed by atoms with Gasteiger partial charge >= 0.3 is 6.18 Å². The van der Waals surface area contributed by atoms with Gasteiger partial charge in [-0.2, -0.15) is 13.2 Å². The molecule has 0 radical (unpaired) electrons. The molecule has 0 unspecified atom stereocenters. The van der Waals surface area contributed by atoms with Crippen LogP contribution in [0.3, 0.4) is 0 Å². The molecular weight excluding hydrogens is 283 g/mol. The Kier molecular flexibility index (Phi) is 3.84. The van der Waals surface area contributed by atoms with Crippen molar-refractivity contribution < 1.29 is 22.6 Å². The fourth-order valence-corrected chi connectivity index (χ4v) is 3.01. The lowest BCUT2D eigenvalue weighted by Gasteiger charge is -2.36. The van der Waals surface area contributed by atoms with Crippen LogP contribution in [0.2, 0.25) is 0 Å². The lowest BCUT2D eigenvalue weighted by atomic mass is 9.90. The van der Waals surface area contributed by atoms with Crippen molar-refractivity contribution in [2.45, 2.75) is 43.7 Å². The van der Waals surface area contributed by atoms with Crippen LogP contribution in [0.5, 0.6) is 0 Å². The summed E-state index contributed by atoms with van der Waals surface area (Å²) >= 11 is 0. The van der Waals surface area contributed by atoms with Crippen LogP contribution < -0.4 is 5.32 Å². The van der Waals surface area contributed by atoms with Gasteiger partial charge in [-0.1, -0.05) is 6.07 Å². The molecule has 0 aromatic heterocycles. The molecule has 0 atom stereocenters. The van der Waals surface area contributed by atoms with E-state index < -0.39 is 17.5 Å². The van der Waals surface area contributed by atoms with Gasteiger partial charge in [0.15, 0.2) is 5.79 Å². The maximum absolute atomic E-state index is 12.7. The molecular formula is C15H18F3NO2. The molecule has 1 saturated carbocycles. The van der Waals surface area contributed by atoms with Crippen molar-refractivity contribution >= 4 is 5.69 Å². The fourth-order valence-electron chi connectivity index (χ4n) is 3.01. The fraction of sp³-hybridized carbons (Fsp3) is 0.600. The van der Waals surface area contributed by atoms with E-state index >= 15 is 0 Å². The first-order chi connectivity index (χ1) is 9.97. The molecule has 1 aliphatic carbocycles. The van der Waals surface area contributed by atoms with Crippen LogP contribution in [0.25, 0.3) is 0 Å². The third-order valence-electron chi connectivity index (χ3n) is 4.12. The van der Waals surface area contributed by atoms with Gasteiger partial charge in [0, 0.05) is 24.6 Å². The number of hydrogen-bond acceptors (Lipinski definition) is 3. The minimum atomic E-state index is -4.31. The molecule has 2 aliphatic rings. The molecule has 1 aromatic carbocycles. The van der Waals surface area contributed by atoms with Gasteiger partial charge in [0.2, 0.25) is 0 Å². The molecule has 1 N–H and O–H groups in total. The topological polar surface area (TPSA) is 30.5 Å². The molecule has 0 amide bonds. The number of nitrogens with one attached hydrogen (secondary N) is 1. The van der Waals surface area contributed by atoms with Crippen LogP contribution in [0.15, 0.2) is 24.3 Å². The molecule has 0 bridgehead atoms. The average molecular weight is 301 g/mol. The zero-order valence-corrected chi connectivity index (χ0v) is 11.6. The van der Waals surface area contributed by atoms with E-state index in [1.165, 1.54) is 6.07 Å². The zero-order valence-electron chi connectivity index (χ0n) is 11.6. The Labute approximate surface area is 121 Å². The Morgan fingerprint density at radius 1 is 1.10 bits per heavy atom. The summed E-state index contributed by atoms with van der Waals surface area (Å²) in [5, 5.41) is 3.19. The standard InChI is InChI=1S/C15H18F3NO2/c16-15(17,18)11-2-1-3-13(10-11)19-12-4-6-14(7-5-12)20-8-9-21-14/h1-3,10,12,19H,4-9H2. The second kappa shape index (κ2) is 5.50. The van der Waals surface area contributed by atoms with E-state index in [4.69, 9.17) is 9.47 Å². The molecule has 3 rings (SSSR count). The van der Waals surface area contributed by atoms with Crippen molar-refractivity contribution in [1.82, 2.24) is 0 Å². The molecule has 2 fully saturated rings. The number of anilines is 1. The van der Waals surface area contributed by atoms with Gasteiger partial charge < -0.3 is 14.8 Å². The Balaban J connectivity index is 1.60. The highest BCUT2D eigenvalue weighted by Crippen LogP contribution is 2.37. The first-order valence-corrected chi connectivity index (χ1v) is 7.19. The number of halogens is 3. The third kappa shape index (κ3) is 3.32. The van der Waals surface area contributed by atoms with E-state index in [1.807, 2.05) is 0 Å². The number of ether oxygens (including phenoxy) is 2. The predicted octanol–water partition coefficient (Wildman–Crippen LogP) is 3.80. The van der Waals surface area contributed by atoms with Gasteiger partial charge in [0.05, 0.1) is 18.8 Å². The van der Waals surface area contributed by atoms with Gasteiger partial charge in [-0.3, -0.25) is 0 Å². The number of alkyl halides is 3. The van der Waals surface area contributed by atoms with E-state index in [0.29, 0.717) is 18.9 Å². The molecule has 1 aliphatic heterocycles. The first-order valence-electron chi connectivity index (χ1n) is 7.19. The third-order valence-corrected chi connectivity index (χ3v) is 4.12. The summed E-state index contributed by atoms with van der Waals surface area (Å²) in [5.74, 6) is -0.438. The van der Waals surface area contributed by atoms with E-state index in [2.05, 4.69) is 5.32 Å². The largest absolute Gasteiger partial charge is 0.416 e. The van der Waals surface area contributed by atoms with Crippen LogP contribution in [-0.2, 0) is 15.7 Å². The smallest absolute Gasteiger partial charge is 0.382 e. The lowest BCUT2D eigenvalue weighted by Crippen LogP contribution is -2.39. The predicted molar refractivity (Wildman–Crippen MR) is 72.0 cm³/mol. The quantitative estimate of drug-likeness (QED) is 0.901. The second-order valence-electron chi connectivity index (χ2n) is 5.60. The molecule has 1 aromatic rings. The van der Waals surface area contributed by atoms with Crippen LogP contribution in [0.4, 0.5) is 18.9 Å². The minimum Gasteiger partial charge on any atom is -0.382 e. The van der Waals surface area contributed by atoms with Gasteiger partial charge in [-0.15, -0.1) is 0 Å². The Morgan fingerprint density at radius 3 is 2.38 bits per heavy atom. The van der Waals surface area contributed by atoms with Crippen molar-refractivity contribution in [1.29, 1.82) is 0 Å². The summed E-state index contributed by atoms with van der Waals surface area (Å²) in [7, 11) is 0. The first kappa shape index (κ1) is 14.7. The van der Waals surface area contributed by atoms with Gasteiger partial charge in [-0.25, -0.2) is 0 Å². The Morgan fingerprint density at radius 2 is 1.76 bits per heavy atom. The van der Waals surface area contributed by atoms with Gasteiger partial charge in [0.1, 0.15) is 0 Å². The number of rotatable bonds is 2.